The second kappa shape index (κ2) is 11.8. The summed E-state index contributed by atoms with van der Waals surface area (Å²) in [5, 5.41) is 13.5. The average molecular weight is 374 g/mol. The summed E-state index contributed by atoms with van der Waals surface area (Å²) in [4.78, 5) is 23.9. The summed E-state index contributed by atoms with van der Waals surface area (Å²) in [5.41, 5.74) is 12.9. The highest BCUT2D eigenvalue weighted by molar-refractivity contribution is 5.97. The van der Waals surface area contributed by atoms with Crippen molar-refractivity contribution in [1.82, 2.24) is 10.6 Å². The number of carbonyl (C=O) groups is 2. The molecular weight excluding hydrogens is 344 g/mol. The standard InChI is InChI=1S/C19H30N6O2/c1-4-17(26)16(22-5-2)10-11-18(27)23-12-14-6-8-15(9-7-14)19(21)25-24-13(3)20/h6-9,16,22H,4-5,10-12H2,1-3H3,(H2,20,24)(H2,21,25)(H,23,27). The molecule has 0 spiro atoms. The predicted molar refractivity (Wildman–Crippen MR) is 108 cm³/mol. The van der Waals surface area contributed by atoms with Crippen LogP contribution in [0.4, 0.5) is 0 Å². The van der Waals surface area contributed by atoms with Crippen molar-refractivity contribution >= 4 is 23.4 Å². The third-order valence-electron chi connectivity index (χ3n) is 3.90. The van der Waals surface area contributed by atoms with Crippen molar-refractivity contribution in [2.75, 3.05) is 6.54 Å². The lowest BCUT2D eigenvalue weighted by atomic mass is 10.0. The number of benzene rings is 1. The van der Waals surface area contributed by atoms with Crippen LogP contribution in [0.3, 0.4) is 0 Å². The Morgan fingerprint density at radius 1 is 1.11 bits per heavy atom. The van der Waals surface area contributed by atoms with Crippen molar-refractivity contribution in [3.05, 3.63) is 35.4 Å². The van der Waals surface area contributed by atoms with Gasteiger partial charge in [-0.25, -0.2) is 0 Å². The average Bonchev–Trinajstić information content (AvgIpc) is 2.67. The van der Waals surface area contributed by atoms with Crippen LogP contribution < -0.4 is 22.1 Å². The van der Waals surface area contributed by atoms with E-state index < -0.39 is 0 Å². The Balaban J connectivity index is 2.51. The molecule has 1 aromatic rings. The second-order valence-electron chi connectivity index (χ2n) is 6.17. The number of amidine groups is 2. The summed E-state index contributed by atoms with van der Waals surface area (Å²) in [6, 6.07) is 7.08. The van der Waals surface area contributed by atoms with E-state index in [2.05, 4.69) is 20.8 Å². The van der Waals surface area contributed by atoms with Crippen LogP contribution in [0.5, 0.6) is 0 Å². The molecule has 6 N–H and O–H groups in total. The maximum absolute atomic E-state index is 12.0. The fourth-order valence-electron chi connectivity index (χ4n) is 2.42. The normalized spacial score (nSPS) is 13.3. The molecule has 27 heavy (non-hydrogen) atoms. The highest BCUT2D eigenvalue weighted by atomic mass is 16.1. The molecule has 1 rings (SSSR count). The first-order chi connectivity index (χ1) is 12.9. The van der Waals surface area contributed by atoms with Gasteiger partial charge in [-0.2, -0.15) is 0 Å². The Morgan fingerprint density at radius 3 is 2.33 bits per heavy atom. The van der Waals surface area contributed by atoms with Gasteiger partial charge in [-0.3, -0.25) is 9.59 Å². The topological polar surface area (TPSA) is 135 Å². The minimum Gasteiger partial charge on any atom is -0.386 e. The SMILES string of the molecule is CCNC(CCC(=O)NCc1ccc(/C(N)=N/N=C(/C)N)cc1)C(=O)CC. The molecule has 0 aliphatic carbocycles. The molecule has 8 heteroatoms. The van der Waals surface area contributed by atoms with E-state index >= 15 is 0 Å². The fraction of sp³-hybridized carbons (Fsp3) is 0.474. The first-order valence-corrected chi connectivity index (χ1v) is 9.12. The summed E-state index contributed by atoms with van der Waals surface area (Å²) in [5.74, 6) is 0.646. The number of nitrogens with zero attached hydrogens (tertiary/aromatic N) is 2. The van der Waals surface area contributed by atoms with Crippen LogP contribution in [-0.4, -0.2) is 35.9 Å². The molecule has 0 saturated heterocycles. The van der Waals surface area contributed by atoms with E-state index in [4.69, 9.17) is 11.5 Å². The Labute approximate surface area is 160 Å². The molecule has 1 aromatic carbocycles. The van der Waals surface area contributed by atoms with Crippen molar-refractivity contribution in [1.29, 1.82) is 0 Å². The van der Waals surface area contributed by atoms with Crippen LogP contribution in [0.2, 0.25) is 0 Å². The van der Waals surface area contributed by atoms with Gasteiger partial charge in [-0.15, -0.1) is 10.2 Å². The number of amides is 1. The van der Waals surface area contributed by atoms with Crippen LogP contribution in [0.15, 0.2) is 34.5 Å². The summed E-state index contributed by atoms with van der Waals surface area (Å²) < 4.78 is 0. The van der Waals surface area contributed by atoms with Crippen LogP contribution in [0, 0.1) is 0 Å². The zero-order valence-corrected chi connectivity index (χ0v) is 16.3. The Morgan fingerprint density at radius 2 is 1.78 bits per heavy atom. The maximum Gasteiger partial charge on any atom is 0.220 e. The first-order valence-electron chi connectivity index (χ1n) is 9.12. The lowest BCUT2D eigenvalue weighted by Gasteiger charge is -2.15. The van der Waals surface area contributed by atoms with Gasteiger partial charge in [0.25, 0.3) is 0 Å². The molecule has 0 radical (unpaired) electrons. The van der Waals surface area contributed by atoms with E-state index in [1.165, 1.54) is 0 Å². The largest absolute Gasteiger partial charge is 0.386 e. The molecule has 8 nitrogen and oxygen atoms in total. The third-order valence-corrected chi connectivity index (χ3v) is 3.90. The molecule has 0 aliphatic rings. The minimum absolute atomic E-state index is 0.0836. The zero-order chi connectivity index (χ0) is 20.2. The minimum atomic E-state index is -0.257. The molecule has 1 unspecified atom stereocenters. The molecule has 0 aromatic heterocycles. The first kappa shape index (κ1) is 22.3. The number of likely N-dealkylation sites (N-methyl/N-ethyl adjacent to an activating group) is 1. The number of nitrogens with two attached hydrogens (primary N) is 2. The van der Waals surface area contributed by atoms with Crippen LogP contribution in [0.25, 0.3) is 0 Å². The predicted octanol–water partition coefficient (Wildman–Crippen LogP) is 1.04. The van der Waals surface area contributed by atoms with E-state index in [1.807, 2.05) is 38.1 Å². The molecular formula is C19H30N6O2. The molecule has 0 fully saturated rings. The van der Waals surface area contributed by atoms with Crippen molar-refractivity contribution < 1.29 is 9.59 Å². The van der Waals surface area contributed by atoms with Gasteiger partial charge in [-0.1, -0.05) is 38.1 Å². The van der Waals surface area contributed by atoms with E-state index in [-0.39, 0.29) is 23.6 Å². The summed E-state index contributed by atoms with van der Waals surface area (Å²) >= 11 is 0. The summed E-state index contributed by atoms with van der Waals surface area (Å²) in [7, 11) is 0. The molecule has 1 amide bonds. The highest BCUT2D eigenvalue weighted by Crippen LogP contribution is 2.06. The van der Waals surface area contributed by atoms with Crippen molar-refractivity contribution in [3.8, 4) is 0 Å². The third kappa shape index (κ3) is 8.46. The monoisotopic (exact) mass is 374 g/mol. The van der Waals surface area contributed by atoms with Crippen LogP contribution >= 0.6 is 0 Å². The van der Waals surface area contributed by atoms with Gasteiger partial charge in [0.15, 0.2) is 5.84 Å². The van der Waals surface area contributed by atoms with E-state index in [0.717, 1.165) is 11.1 Å². The van der Waals surface area contributed by atoms with E-state index in [0.29, 0.717) is 38.2 Å². The number of carbonyl (C=O) groups excluding carboxylic acids is 2. The molecule has 0 heterocycles. The number of ketones is 1. The van der Waals surface area contributed by atoms with Gasteiger partial charge >= 0.3 is 0 Å². The number of hydrogen-bond donors (Lipinski definition) is 4. The molecule has 1 atom stereocenters. The van der Waals surface area contributed by atoms with Gasteiger partial charge in [0.2, 0.25) is 5.91 Å². The lowest BCUT2D eigenvalue weighted by Crippen LogP contribution is -2.37. The quantitative estimate of drug-likeness (QED) is 0.261. The van der Waals surface area contributed by atoms with Gasteiger partial charge in [0, 0.05) is 24.9 Å². The fourth-order valence-corrected chi connectivity index (χ4v) is 2.42. The van der Waals surface area contributed by atoms with E-state index in [9.17, 15) is 9.59 Å². The summed E-state index contributed by atoms with van der Waals surface area (Å²) in [6.45, 7) is 6.51. The molecule has 0 aliphatic heterocycles. The Hall–Kier alpha value is -2.74. The van der Waals surface area contributed by atoms with Crippen molar-refractivity contribution in [2.24, 2.45) is 21.7 Å². The Bertz CT molecular complexity index is 678. The van der Waals surface area contributed by atoms with Crippen molar-refractivity contribution in [2.45, 2.75) is 52.6 Å². The highest BCUT2D eigenvalue weighted by Gasteiger charge is 2.16. The number of nitrogens with one attached hydrogen (secondary N) is 2. The van der Waals surface area contributed by atoms with E-state index in [1.54, 1.807) is 6.92 Å². The van der Waals surface area contributed by atoms with Gasteiger partial charge in [0.1, 0.15) is 11.6 Å². The molecule has 0 saturated carbocycles. The van der Waals surface area contributed by atoms with Gasteiger partial charge < -0.3 is 22.1 Å². The van der Waals surface area contributed by atoms with Gasteiger partial charge in [-0.05, 0) is 25.5 Å². The maximum atomic E-state index is 12.0. The number of rotatable bonds is 11. The molecule has 0 bridgehead atoms. The second-order valence-corrected chi connectivity index (χ2v) is 6.17. The van der Waals surface area contributed by atoms with Crippen LogP contribution in [-0.2, 0) is 16.1 Å². The smallest absolute Gasteiger partial charge is 0.220 e. The van der Waals surface area contributed by atoms with Crippen LogP contribution in [0.1, 0.15) is 51.2 Å². The zero-order valence-electron chi connectivity index (χ0n) is 16.3. The number of Topliss-reactive ketones (excluding diaryl/α,β-unsaturated/α-hetero) is 1. The molecule has 148 valence electrons. The van der Waals surface area contributed by atoms with Crippen molar-refractivity contribution in [3.63, 3.8) is 0 Å². The lowest BCUT2D eigenvalue weighted by molar-refractivity contribution is -0.122. The Kier molecular flexibility index (Phi) is 9.74. The summed E-state index contributed by atoms with van der Waals surface area (Å²) in [6.07, 6.45) is 1.27. The van der Waals surface area contributed by atoms with Gasteiger partial charge in [0.05, 0.1) is 6.04 Å². The number of hydrogen-bond acceptors (Lipinski definition) is 5.